The van der Waals surface area contributed by atoms with Crippen molar-refractivity contribution in [1.29, 1.82) is 0 Å². The van der Waals surface area contributed by atoms with Gasteiger partial charge in [0.2, 0.25) is 5.96 Å². The first kappa shape index (κ1) is 24.4. The van der Waals surface area contributed by atoms with Crippen LogP contribution in [0, 0.1) is 5.92 Å². The fraction of sp³-hybridized carbons (Fsp3) is 0.550. The highest BCUT2D eigenvalue weighted by atomic mass is 32.2. The minimum atomic E-state index is -2.88. The maximum atomic E-state index is 11.9. The normalized spacial score (nSPS) is 16.9. The van der Waals surface area contributed by atoms with Crippen LogP contribution in [0.1, 0.15) is 39.2 Å². The van der Waals surface area contributed by atoms with Crippen LogP contribution in [-0.2, 0) is 14.6 Å². The molecule has 1 heterocycles. The molecule has 1 fully saturated rings. The lowest BCUT2D eigenvalue weighted by Crippen LogP contribution is -2.35. The number of hydrogen-bond acceptors (Lipinski definition) is 7. The summed E-state index contributed by atoms with van der Waals surface area (Å²) in [6.07, 6.45) is 0.650. The number of benzene rings is 1. The van der Waals surface area contributed by atoms with Crippen molar-refractivity contribution in [2.75, 3.05) is 24.7 Å². The molecule has 0 unspecified atom stereocenters. The summed E-state index contributed by atoms with van der Waals surface area (Å²) in [5.74, 6) is 1.10. The molecule has 0 bridgehead atoms. The fourth-order valence-electron chi connectivity index (χ4n) is 2.85. The molecule has 0 aromatic heterocycles. The minimum absolute atomic E-state index is 0.0580. The zero-order chi connectivity index (χ0) is 23.1. The zero-order valence-corrected chi connectivity index (χ0v) is 18.9. The van der Waals surface area contributed by atoms with Crippen molar-refractivity contribution in [1.82, 2.24) is 5.32 Å². The predicted octanol–water partition coefficient (Wildman–Crippen LogP) is 1.39. The van der Waals surface area contributed by atoms with Crippen LogP contribution in [-0.4, -0.2) is 56.4 Å². The topological polar surface area (TPSA) is 158 Å². The van der Waals surface area contributed by atoms with Crippen LogP contribution < -0.4 is 21.5 Å². The lowest BCUT2D eigenvalue weighted by molar-refractivity contribution is 0.0536. The summed E-state index contributed by atoms with van der Waals surface area (Å²) in [5.41, 5.74) is 11.2. The molecule has 1 aromatic carbocycles. The zero-order valence-electron chi connectivity index (χ0n) is 18.1. The van der Waals surface area contributed by atoms with Crippen molar-refractivity contribution < 1.29 is 22.7 Å². The number of amides is 1. The number of nitrogens with zero attached hydrogens (tertiary/aromatic N) is 2. The maximum Gasteiger partial charge on any atom is 0.407 e. The Bertz CT molecular complexity index is 902. The Labute approximate surface area is 183 Å². The summed E-state index contributed by atoms with van der Waals surface area (Å²) >= 11 is 0. The SMILES string of the molecule is CC(C)(C)OC(=O)NC/C(=N\N=C(N)N)c1ccc(OCC2CCS(=O)(=O)CC2)cc1. The Balaban J connectivity index is 1.98. The quantitative estimate of drug-likeness (QED) is 0.319. The van der Waals surface area contributed by atoms with Gasteiger partial charge in [0.1, 0.15) is 21.2 Å². The summed E-state index contributed by atoms with van der Waals surface area (Å²) in [7, 11) is -2.88. The first-order chi connectivity index (χ1) is 14.4. The van der Waals surface area contributed by atoms with E-state index in [1.165, 1.54) is 0 Å². The molecule has 1 aromatic rings. The van der Waals surface area contributed by atoms with Gasteiger partial charge in [0, 0.05) is 0 Å². The van der Waals surface area contributed by atoms with E-state index in [1.54, 1.807) is 45.0 Å². The fourth-order valence-corrected chi connectivity index (χ4v) is 4.44. The predicted molar refractivity (Wildman–Crippen MR) is 120 cm³/mol. The third kappa shape index (κ3) is 9.24. The monoisotopic (exact) mass is 453 g/mol. The molecule has 2 rings (SSSR count). The second-order valence-electron chi connectivity index (χ2n) is 8.36. The van der Waals surface area contributed by atoms with Gasteiger partial charge in [0.15, 0.2) is 0 Å². The number of rotatable bonds is 7. The number of nitrogens with one attached hydrogen (secondary N) is 1. The van der Waals surface area contributed by atoms with Gasteiger partial charge in [-0.25, -0.2) is 13.2 Å². The van der Waals surface area contributed by atoms with E-state index in [-0.39, 0.29) is 29.9 Å². The lowest BCUT2D eigenvalue weighted by Gasteiger charge is -2.22. The summed E-state index contributed by atoms with van der Waals surface area (Å²) in [5, 5.41) is 10.3. The second-order valence-corrected chi connectivity index (χ2v) is 10.7. The van der Waals surface area contributed by atoms with Crippen LogP contribution in [0.15, 0.2) is 34.5 Å². The van der Waals surface area contributed by atoms with Gasteiger partial charge in [-0.05, 0) is 69.4 Å². The summed E-state index contributed by atoms with van der Waals surface area (Å²) < 4.78 is 34.1. The van der Waals surface area contributed by atoms with Gasteiger partial charge in [0.05, 0.1) is 30.4 Å². The number of guanidine groups is 1. The largest absolute Gasteiger partial charge is 0.493 e. The Hall–Kier alpha value is -2.82. The molecule has 5 N–H and O–H groups in total. The summed E-state index contributed by atoms with van der Waals surface area (Å²) in [6, 6.07) is 7.10. The van der Waals surface area contributed by atoms with Crippen molar-refractivity contribution in [3.8, 4) is 5.75 Å². The number of carbonyl (C=O) groups is 1. The number of carbonyl (C=O) groups excluding carboxylic acids is 1. The molecule has 0 spiro atoms. The summed E-state index contributed by atoms with van der Waals surface area (Å²) in [6.45, 7) is 5.83. The van der Waals surface area contributed by atoms with E-state index >= 15 is 0 Å². The van der Waals surface area contributed by atoms with Gasteiger partial charge in [-0.2, -0.15) is 0 Å². The smallest absolute Gasteiger partial charge is 0.407 e. The Kier molecular flexibility index (Phi) is 8.26. The van der Waals surface area contributed by atoms with Crippen LogP contribution in [0.5, 0.6) is 5.75 Å². The van der Waals surface area contributed by atoms with E-state index in [0.717, 1.165) is 0 Å². The van der Waals surface area contributed by atoms with Crippen molar-refractivity contribution in [2.24, 2.45) is 27.6 Å². The third-order valence-corrected chi connectivity index (χ3v) is 6.15. The number of alkyl carbamates (subject to hydrolysis) is 1. The average molecular weight is 454 g/mol. The van der Waals surface area contributed by atoms with E-state index in [0.29, 0.717) is 36.5 Å². The van der Waals surface area contributed by atoms with E-state index in [2.05, 4.69) is 15.5 Å². The first-order valence-corrected chi connectivity index (χ1v) is 11.8. The third-order valence-electron chi connectivity index (χ3n) is 4.43. The highest BCUT2D eigenvalue weighted by Crippen LogP contribution is 2.21. The van der Waals surface area contributed by atoms with E-state index in [9.17, 15) is 13.2 Å². The Morgan fingerprint density at radius 3 is 2.29 bits per heavy atom. The molecule has 1 saturated heterocycles. The molecule has 10 nitrogen and oxygen atoms in total. The van der Waals surface area contributed by atoms with Gasteiger partial charge in [0.25, 0.3) is 0 Å². The molecule has 172 valence electrons. The van der Waals surface area contributed by atoms with Gasteiger partial charge in [-0.3, -0.25) is 0 Å². The molecular formula is C20H31N5O5S. The second kappa shape index (κ2) is 10.5. The molecule has 31 heavy (non-hydrogen) atoms. The van der Waals surface area contributed by atoms with Crippen molar-refractivity contribution >= 4 is 27.6 Å². The van der Waals surface area contributed by atoms with Crippen LogP contribution in [0.4, 0.5) is 4.79 Å². The van der Waals surface area contributed by atoms with Gasteiger partial charge in [-0.15, -0.1) is 10.2 Å². The van der Waals surface area contributed by atoms with E-state index < -0.39 is 21.5 Å². The molecule has 1 aliphatic rings. The standard InChI is InChI=1S/C20H31N5O5S/c1-20(2,3)30-19(26)23-12-17(24-25-18(21)22)15-4-6-16(7-5-15)29-13-14-8-10-31(27,28)11-9-14/h4-7,14H,8-13H2,1-3H3,(H,23,26)(H4,21,22,25)/b24-17+. The average Bonchev–Trinajstić information content (AvgIpc) is 2.66. The van der Waals surface area contributed by atoms with Crippen LogP contribution in [0.25, 0.3) is 0 Å². The summed E-state index contributed by atoms with van der Waals surface area (Å²) in [4.78, 5) is 11.9. The number of hydrogen-bond donors (Lipinski definition) is 3. The molecular weight excluding hydrogens is 422 g/mol. The lowest BCUT2D eigenvalue weighted by atomic mass is 10.0. The maximum absolute atomic E-state index is 11.9. The molecule has 0 aliphatic carbocycles. The number of sulfone groups is 1. The molecule has 1 amide bonds. The van der Waals surface area contributed by atoms with E-state index in [1.807, 2.05) is 0 Å². The highest BCUT2D eigenvalue weighted by molar-refractivity contribution is 7.91. The number of nitrogens with two attached hydrogens (primary N) is 2. The molecule has 1 aliphatic heterocycles. The van der Waals surface area contributed by atoms with Crippen LogP contribution >= 0.6 is 0 Å². The minimum Gasteiger partial charge on any atom is -0.493 e. The molecule has 0 radical (unpaired) electrons. The van der Waals surface area contributed by atoms with Crippen LogP contribution in [0.2, 0.25) is 0 Å². The Morgan fingerprint density at radius 1 is 1.13 bits per heavy atom. The van der Waals surface area contributed by atoms with Crippen molar-refractivity contribution in [3.63, 3.8) is 0 Å². The molecule has 11 heteroatoms. The Morgan fingerprint density at radius 2 is 1.74 bits per heavy atom. The molecule has 0 saturated carbocycles. The van der Waals surface area contributed by atoms with Crippen molar-refractivity contribution in [2.45, 2.75) is 39.2 Å². The highest BCUT2D eigenvalue weighted by Gasteiger charge is 2.24. The van der Waals surface area contributed by atoms with Crippen molar-refractivity contribution in [3.05, 3.63) is 29.8 Å². The van der Waals surface area contributed by atoms with Gasteiger partial charge >= 0.3 is 6.09 Å². The van der Waals surface area contributed by atoms with Gasteiger partial charge in [-0.1, -0.05) is 0 Å². The van der Waals surface area contributed by atoms with E-state index in [4.69, 9.17) is 20.9 Å². The number of ether oxygens (including phenoxy) is 2. The van der Waals surface area contributed by atoms with Crippen LogP contribution in [0.3, 0.4) is 0 Å². The molecule has 0 atom stereocenters. The first-order valence-electron chi connectivity index (χ1n) is 9.99. The van der Waals surface area contributed by atoms with Gasteiger partial charge < -0.3 is 26.3 Å².